The lowest BCUT2D eigenvalue weighted by molar-refractivity contribution is -0.137. The zero-order valence-corrected chi connectivity index (χ0v) is 16.2. The molecular weight excluding hydrogens is 348 g/mol. The molecule has 4 N–H and O–H groups in total. The van der Waals surface area contributed by atoms with Crippen LogP contribution >= 0.6 is 0 Å². The minimum Gasteiger partial charge on any atom is -0.369 e. The summed E-state index contributed by atoms with van der Waals surface area (Å²) in [6, 6.07) is 0. The summed E-state index contributed by atoms with van der Waals surface area (Å²) in [6.07, 6.45) is 4.23. The van der Waals surface area contributed by atoms with Gasteiger partial charge in [-0.15, -0.1) is 5.10 Å². The molecule has 1 aromatic rings. The van der Waals surface area contributed by atoms with Gasteiger partial charge in [-0.3, -0.25) is 9.59 Å². The highest BCUT2D eigenvalue weighted by Gasteiger charge is 2.77. The van der Waals surface area contributed by atoms with Crippen LogP contribution < -0.4 is 16.4 Å². The number of carbonyl (C=O) groups is 2. The van der Waals surface area contributed by atoms with E-state index in [1.165, 1.54) is 0 Å². The third-order valence-electron chi connectivity index (χ3n) is 6.37. The monoisotopic (exact) mass is 376 g/mol. The Kier molecular flexibility index (Phi) is 3.91. The third kappa shape index (κ3) is 2.67. The molecule has 2 bridgehead atoms. The molecule has 0 aromatic carbocycles. The van der Waals surface area contributed by atoms with E-state index in [0.717, 1.165) is 25.9 Å². The van der Waals surface area contributed by atoms with E-state index in [9.17, 15) is 9.59 Å². The van der Waals surface area contributed by atoms with E-state index in [4.69, 9.17) is 10.5 Å². The average molecular weight is 376 g/mol. The van der Waals surface area contributed by atoms with Crippen molar-refractivity contribution in [1.29, 1.82) is 0 Å². The minimum atomic E-state index is -0.605. The van der Waals surface area contributed by atoms with E-state index in [1.54, 1.807) is 11.0 Å². The number of nitrogens with one attached hydrogen (secondary N) is 2. The summed E-state index contributed by atoms with van der Waals surface area (Å²) in [4.78, 5) is 28.8. The van der Waals surface area contributed by atoms with E-state index < -0.39 is 16.6 Å². The van der Waals surface area contributed by atoms with Crippen LogP contribution in [-0.4, -0.2) is 57.4 Å². The van der Waals surface area contributed by atoms with Gasteiger partial charge in [0.1, 0.15) is 6.33 Å². The van der Waals surface area contributed by atoms with Crippen LogP contribution in [0.3, 0.4) is 0 Å². The summed E-state index contributed by atoms with van der Waals surface area (Å²) in [7, 11) is 0. The molecule has 9 heteroatoms. The molecule has 9 nitrogen and oxygen atoms in total. The summed E-state index contributed by atoms with van der Waals surface area (Å²) in [5.41, 5.74) is 3.91. The molecule has 4 fully saturated rings. The molecule has 1 saturated carbocycles. The Labute approximate surface area is 158 Å². The van der Waals surface area contributed by atoms with Gasteiger partial charge in [0.2, 0.25) is 11.7 Å². The first-order chi connectivity index (χ1) is 12.6. The highest BCUT2D eigenvalue weighted by molar-refractivity contribution is 5.90. The zero-order chi connectivity index (χ0) is 19.5. The predicted molar refractivity (Wildman–Crippen MR) is 96.9 cm³/mol. The van der Waals surface area contributed by atoms with E-state index >= 15 is 0 Å². The SMILES string of the molecule is CC(C)(C)n1cnc(C(=O)NCC23CC(C(N)=O)(C2)C2(CCNCC2)O3)n1. The van der Waals surface area contributed by atoms with Crippen LogP contribution in [0.1, 0.15) is 57.1 Å². The van der Waals surface area contributed by atoms with Gasteiger partial charge in [0.15, 0.2) is 0 Å². The van der Waals surface area contributed by atoms with E-state index in [-0.39, 0.29) is 23.2 Å². The molecule has 5 rings (SSSR count). The quantitative estimate of drug-likeness (QED) is 0.675. The van der Waals surface area contributed by atoms with Gasteiger partial charge >= 0.3 is 0 Å². The Morgan fingerprint density at radius 2 is 2.00 bits per heavy atom. The second kappa shape index (κ2) is 5.75. The van der Waals surface area contributed by atoms with Crippen LogP contribution in [0, 0.1) is 5.41 Å². The number of ether oxygens (including phenoxy) is 1. The first-order valence-electron chi connectivity index (χ1n) is 9.53. The highest BCUT2D eigenvalue weighted by atomic mass is 16.5. The smallest absolute Gasteiger partial charge is 0.291 e. The fourth-order valence-corrected chi connectivity index (χ4v) is 4.94. The fraction of sp³-hybridized carbons (Fsp3) is 0.778. The largest absolute Gasteiger partial charge is 0.369 e. The second-order valence-corrected chi connectivity index (χ2v) is 9.20. The van der Waals surface area contributed by atoms with Gasteiger partial charge in [-0.25, -0.2) is 9.67 Å². The Hall–Kier alpha value is -2.00. The maximum Gasteiger partial charge on any atom is 0.291 e. The van der Waals surface area contributed by atoms with Crippen molar-refractivity contribution in [2.24, 2.45) is 11.1 Å². The van der Waals surface area contributed by atoms with Crippen molar-refractivity contribution in [3.8, 4) is 0 Å². The lowest BCUT2D eigenvalue weighted by Crippen LogP contribution is -2.60. The first kappa shape index (κ1) is 18.4. The van der Waals surface area contributed by atoms with Crippen molar-refractivity contribution in [2.75, 3.05) is 19.6 Å². The zero-order valence-electron chi connectivity index (χ0n) is 16.2. The molecular formula is C18H28N6O3. The fourth-order valence-electron chi connectivity index (χ4n) is 4.94. The highest BCUT2D eigenvalue weighted by Crippen LogP contribution is 2.68. The standard InChI is InChI=1S/C18H28N6O3/c1-15(2,3)24-11-22-12(23-24)13(25)21-10-16-8-17(9-16,14(19)26)18(27-16)4-6-20-7-5-18/h11,20H,4-10H2,1-3H3,(H2,19,26)(H,21,25). The number of amides is 2. The number of aromatic nitrogens is 3. The van der Waals surface area contributed by atoms with E-state index in [1.807, 2.05) is 20.8 Å². The predicted octanol–water partition coefficient (Wildman–Crippen LogP) is -0.0804. The second-order valence-electron chi connectivity index (χ2n) is 9.20. The van der Waals surface area contributed by atoms with Gasteiger partial charge in [-0.2, -0.15) is 0 Å². The van der Waals surface area contributed by atoms with E-state index in [0.29, 0.717) is 19.4 Å². The molecule has 3 saturated heterocycles. The number of hydrogen-bond acceptors (Lipinski definition) is 6. The molecule has 4 aliphatic rings. The minimum absolute atomic E-state index is 0.136. The number of nitrogens with two attached hydrogens (primary N) is 1. The molecule has 1 aliphatic carbocycles. The summed E-state index contributed by atoms with van der Waals surface area (Å²) in [5.74, 6) is -0.482. The Morgan fingerprint density at radius 1 is 1.33 bits per heavy atom. The lowest BCUT2D eigenvalue weighted by Gasteiger charge is -2.47. The summed E-state index contributed by atoms with van der Waals surface area (Å²) < 4.78 is 8.12. The number of primary amides is 1. The van der Waals surface area contributed by atoms with E-state index in [2.05, 4.69) is 20.7 Å². The molecule has 1 aromatic heterocycles. The topological polar surface area (TPSA) is 124 Å². The molecule has 4 heterocycles. The van der Waals surface area contributed by atoms with Crippen LogP contribution in [-0.2, 0) is 15.1 Å². The normalized spacial score (nSPS) is 31.5. The van der Waals surface area contributed by atoms with Gasteiger partial charge in [0.05, 0.1) is 22.2 Å². The Bertz CT molecular complexity index is 768. The van der Waals surface area contributed by atoms with Crippen LogP contribution in [0.4, 0.5) is 0 Å². The Balaban J connectivity index is 1.44. The summed E-state index contributed by atoms with van der Waals surface area (Å²) in [6.45, 7) is 7.93. The number of rotatable bonds is 4. The maximum absolute atomic E-state index is 12.5. The van der Waals surface area contributed by atoms with Crippen molar-refractivity contribution >= 4 is 11.8 Å². The molecule has 0 radical (unpaired) electrons. The first-order valence-corrected chi connectivity index (χ1v) is 9.53. The van der Waals surface area contributed by atoms with Crippen molar-refractivity contribution in [3.63, 3.8) is 0 Å². The molecule has 0 atom stereocenters. The molecule has 148 valence electrons. The lowest BCUT2D eigenvalue weighted by atomic mass is 9.53. The van der Waals surface area contributed by atoms with Crippen LogP contribution in [0.15, 0.2) is 6.33 Å². The van der Waals surface area contributed by atoms with Gasteiger partial charge in [-0.1, -0.05) is 0 Å². The van der Waals surface area contributed by atoms with Crippen LogP contribution in [0.25, 0.3) is 0 Å². The van der Waals surface area contributed by atoms with Crippen LogP contribution in [0.5, 0.6) is 0 Å². The summed E-state index contributed by atoms with van der Waals surface area (Å²) in [5, 5.41) is 10.5. The van der Waals surface area contributed by atoms with Gasteiger partial charge in [0, 0.05) is 6.54 Å². The van der Waals surface area contributed by atoms with Crippen molar-refractivity contribution in [3.05, 3.63) is 12.2 Å². The third-order valence-corrected chi connectivity index (χ3v) is 6.37. The van der Waals surface area contributed by atoms with Gasteiger partial charge in [-0.05, 0) is 59.5 Å². The maximum atomic E-state index is 12.5. The van der Waals surface area contributed by atoms with Gasteiger partial charge < -0.3 is 21.1 Å². The number of piperidine rings is 1. The molecule has 1 spiro atoms. The van der Waals surface area contributed by atoms with Crippen molar-refractivity contribution in [1.82, 2.24) is 25.4 Å². The number of hydrogen-bond donors (Lipinski definition) is 3. The molecule has 3 aliphatic heterocycles. The molecule has 27 heavy (non-hydrogen) atoms. The molecule has 0 unspecified atom stereocenters. The number of nitrogens with zero attached hydrogens (tertiary/aromatic N) is 3. The molecule has 2 amide bonds. The summed E-state index contributed by atoms with van der Waals surface area (Å²) >= 11 is 0. The van der Waals surface area contributed by atoms with Crippen molar-refractivity contribution < 1.29 is 14.3 Å². The number of carbonyl (C=O) groups excluding carboxylic acids is 2. The van der Waals surface area contributed by atoms with Crippen LogP contribution in [0.2, 0.25) is 0 Å². The van der Waals surface area contributed by atoms with Crippen molar-refractivity contribution in [2.45, 2.75) is 63.2 Å². The van der Waals surface area contributed by atoms with Gasteiger partial charge in [0.25, 0.3) is 5.91 Å². The Morgan fingerprint density at radius 3 is 2.56 bits per heavy atom. The average Bonchev–Trinajstić information content (AvgIpc) is 3.21.